The van der Waals surface area contributed by atoms with Gasteiger partial charge >= 0.3 is 0 Å². The van der Waals surface area contributed by atoms with Gasteiger partial charge in [0.15, 0.2) is 16.5 Å². The van der Waals surface area contributed by atoms with Gasteiger partial charge < -0.3 is 13.9 Å². The Morgan fingerprint density at radius 1 is 1.09 bits per heavy atom. The highest BCUT2D eigenvalue weighted by atomic mass is 35.5. The Bertz CT molecular complexity index is 1960. The second-order valence-corrected chi connectivity index (χ2v) is 18.9. The lowest BCUT2D eigenvalue weighted by Gasteiger charge is -2.16. The molecule has 0 spiro atoms. The summed E-state index contributed by atoms with van der Waals surface area (Å²) in [5, 5.41) is 8.51. The molecule has 0 unspecified atom stereocenters. The van der Waals surface area contributed by atoms with E-state index in [1.807, 2.05) is 11.5 Å². The van der Waals surface area contributed by atoms with Gasteiger partial charge in [0.1, 0.15) is 30.4 Å². The van der Waals surface area contributed by atoms with Gasteiger partial charge in [0.25, 0.3) is 10.0 Å². The van der Waals surface area contributed by atoms with E-state index in [0.29, 0.717) is 29.5 Å². The fourth-order valence-electron chi connectivity index (χ4n) is 4.41. The van der Waals surface area contributed by atoms with E-state index in [2.05, 4.69) is 44.5 Å². The Morgan fingerprint density at radius 2 is 1.86 bits per heavy atom. The van der Waals surface area contributed by atoms with Crippen molar-refractivity contribution in [3.63, 3.8) is 0 Å². The lowest BCUT2D eigenvalue weighted by atomic mass is 10.0. The van der Waals surface area contributed by atoms with Gasteiger partial charge in [0.2, 0.25) is 5.88 Å². The van der Waals surface area contributed by atoms with Gasteiger partial charge in [0, 0.05) is 32.6 Å². The van der Waals surface area contributed by atoms with E-state index < -0.39 is 45.9 Å². The number of aryl methyl sites for hydroxylation is 1. The number of pyridine rings is 2. The Hall–Kier alpha value is -3.92. The van der Waals surface area contributed by atoms with E-state index in [4.69, 9.17) is 21.1 Å². The van der Waals surface area contributed by atoms with Crippen LogP contribution in [-0.2, 0) is 21.5 Å². The van der Waals surface area contributed by atoms with Crippen molar-refractivity contribution in [1.82, 2.24) is 29.1 Å². The first-order valence-electron chi connectivity index (χ1n) is 13.4. The normalized spacial score (nSPS) is 12.2. The van der Waals surface area contributed by atoms with Crippen LogP contribution in [0.2, 0.25) is 30.7 Å². The number of anilines is 1. The van der Waals surface area contributed by atoms with Crippen LogP contribution in [0.3, 0.4) is 0 Å². The Balaban J connectivity index is 1.46. The summed E-state index contributed by atoms with van der Waals surface area (Å²) < 4.78 is 73.6. The van der Waals surface area contributed by atoms with E-state index in [9.17, 15) is 8.42 Å². The number of nitrogens with zero attached hydrogens (tertiary/aromatic N) is 6. The Morgan fingerprint density at radius 3 is 2.59 bits per heavy atom. The van der Waals surface area contributed by atoms with Crippen LogP contribution in [0.5, 0.6) is 5.88 Å². The molecule has 0 aliphatic rings. The monoisotopic (exact) mass is 661 g/mol. The van der Waals surface area contributed by atoms with Crippen molar-refractivity contribution in [1.29, 1.82) is 0 Å². The van der Waals surface area contributed by atoms with Gasteiger partial charge in [-0.15, -0.1) is 10.2 Å². The number of imidazole rings is 1. The van der Waals surface area contributed by atoms with E-state index in [-0.39, 0.29) is 23.2 Å². The largest absolute Gasteiger partial charge is 0.480 e. The quantitative estimate of drug-likeness (QED) is 0.135. The second-order valence-electron chi connectivity index (χ2n) is 11.2. The standard InChI is InChI=1S/C28H30ClF2N7O4SSi/c1-17-34-35-27(38(17)16-42-10-11-44(3,4)5)26-22-9-6-18(14-37(22)15-33-26)24-20(30)7-8-21(25(24)31)36-43(39,40)23-12-19(29)13-32-28(23)41-2/h6-9,12-15,36H,10-11,16H2,1-5H3. The molecule has 0 radical (unpaired) electrons. The van der Waals surface area contributed by atoms with Gasteiger partial charge in [-0.1, -0.05) is 37.3 Å². The number of hydrogen-bond donors (Lipinski definition) is 1. The highest BCUT2D eigenvalue weighted by Crippen LogP contribution is 2.34. The summed E-state index contributed by atoms with van der Waals surface area (Å²) in [6.07, 6.45) is 4.20. The maximum absolute atomic E-state index is 15.8. The number of aromatic nitrogens is 6. The molecule has 0 fully saturated rings. The van der Waals surface area contributed by atoms with Crippen molar-refractivity contribution in [3.8, 4) is 28.5 Å². The molecule has 0 amide bonds. The molecule has 44 heavy (non-hydrogen) atoms. The molecule has 1 N–H and O–H groups in total. The van der Waals surface area contributed by atoms with Gasteiger partial charge in [-0.05, 0) is 37.2 Å². The molecule has 1 aromatic carbocycles. The molecule has 0 atom stereocenters. The molecule has 0 aliphatic carbocycles. The van der Waals surface area contributed by atoms with Gasteiger partial charge in [-0.3, -0.25) is 9.29 Å². The van der Waals surface area contributed by atoms with Crippen molar-refractivity contribution < 1.29 is 26.7 Å². The van der Waals surface area contributed by atoms with Crippen LogP contribution in [0.4, 0.5) is 14.5 Å². The first kappa shape index (κ1) is 31.5. The fraction of sp³-hybridized carbons (Fsp3) is 0.286. The van der Waals surface area contributed by atoms with E-state index in [1.54, 1.807) is 10.5 Å². The topological polar surface area (TPSA) is 126 Å². The van der Waals surface area contributed by atoms with Crippen LogP contribution in [0.25, 0.3) is 28.2 Å². The number of nitrogens with one attached hydrogen (secondary N) is 1. The third-order valence-electron chi connectivity index (χ3n) is 6.79. The molecule has 232 valence electrons. The molecule has 0 saturated heterocycles. The van der Waals surface area contributed by atoms with Gasteiger partial charge in [-0.2, -0.15) is 0 Å². The SMILES string of the molecule is COc1ncc(Cl)cc1S(=O)(=O)Nc1ccc(F)c(-c2ccc3c(-c4nnc(C)n4COCC[Si](C)(C)C)ncn3c2)c1F. The maximum atomic E-state index is 15.8. The first-order chi connectivity index (χ1) is 20.8. The molecule has 16 heteroatoms. The number of sulfonamides is 1. The fourth-order valence-corrected chi connectivity index (χ4v) is 6.60. The second kappa shape index (κ2) is 12.2. The number of ether oxygens (including phenoxy) is 2. The lowest BCUT2D eigenvalue weighted by Crippen LogP contribution is -2.22. The van der Waals surface area contributed by atoms with Crippen molar-refractivity contribution in [2.45, 2.75) is 44.2 Å². The summed E-state index contributed by atoms with van der Waals surface area (Å²) >= 11 is 5.93. The number of benzene rings is 1. The number of rotatable bonds is 11. The number of halogens is 3. The average molecular weight is 662 g/mol. The molecular formula is C28H30ClF2N7O4SSi. The molecule has 11 nitrogen and oxygen atoms in total. The van der Waals surface area contributed by atoms with Crippen molar-refractivity contribution >= 4 is 40.9 Å². The van der Waals surface area contributed by atoms with Crippen LogP contribution in [0.1, 0.15) is 5.82 Å². The number of hydrogen-bond acceptors (Lipinski definition) is 8. The van der Waals surface area contributed by atoms with Crippen LogP contribution >= 0.6 is 11.6 Å². The summed E-state index contributed by atoms with van der Waals surface area (Å²) in [7, 11) is -4.44. The minimum Gasteiger partial charge on any atom is -0.480 e. The van der Waals surface area contributed by atoms with Crippen molar-refractivity contribution in [3.05, 3.63) is 71.5 Å². The number of methoxy groups -OCH3 is 1. The summed E-state index contributed by atoms with van der Waals surface area (Å²) in [6, 6.07) is 7.26. The predicted octanol–water partition coefficient (Wildman–Crippen LogP) is 6.02. The highest BCUT2D eigenvalue weighted by Gasteiger charge is 2.25. The molecule has 4 heterocycles. The smallest absolute Gasteiger partial charge is 0.267 e. The summed E-state index contributed by atoms with van der Waals surface area (Å²) in [5.41, 5.74) is 0.355. The Labute approximate surface area is 258 Å². The molecule has 4 aromatic heterocycles. The van der Waals surface area contributed by atoms with E-state index >= 15 is 8.78 Å². The first-order valence-corrected chi connectivity index (χ1v) is 19.0. The van der Waals surface area contributed by atoms with Crippen LogP contribution < -0.4 is 9.46 Å². The van der Waals surface area contributed by atoms with Crippen LogP contribution in [0, 0.1) is 18.6 Å². The van der Waals surface area contributed by atoms with Gasteiger partial charge in [-0.25, -0.2) is 27.2 Å². The van der Waals surface area contributed by atoms with E-state index in [1.165, 1.54) is 31.9 Å². The molecular weight excluding hydrogens is 632 g/mol. The van der Waals surface area contributed by atoms with Crippen molar-refractivity contribution in [2.24, 2.45) is 0 Å². The molecule has 5 rings (SSSR count). The summed E-state index contributed by atoms with van der Waals surface area (Å²) in [5.74, 6) is -1.10. The van der Waals surface area contributed by atoms with Crippen LogP contribution in [0.15, 0.2) is 53.9 Å². The third-order valence-corrected chi connectivity index (χ3v) is 10.1. The van der Waals surface area contributed by atoms with Crippen LogP contribution in [-0.4, -0.2) is 59.3 Å². The Kier molecular flexibility index (Phi) is 8.75. The minimum atomic E-state index is -4.42. The highest BCUT2D eigenvalue weighted by molar-refractivity contribution is 7.92. The van der Waals surface area contributed by atoms with E-state index in [0.717, 1.165) is 24.2 Å². The summed E-state index contributed by atoms with van der Waals surface area (Å²) in [4.78, 5) is 7.93. The maximum Gasteiger partial charge on any atom is 0.267 e. The molecule has 0 bridgehead atoms. The zero-order valence-corrected chi connectivity index (χ0v) is 27.2. The predicted molar refractivity (Wildman–Crippen MR) is 165 cm³/mol. The zero-order chi connectivity index (χ0) is 31.8. The van der Waals surface area contributed by atoms with Gasteiger partial charge in [0.05, 0.1) is 28.9 Å². The lowest BCUT2D eigenvalue weighted by molar-refractivity contribution is 0.0866. The zero-order valence-electron chi connectivity index (χ0n) is 24.6. The number of fused-ring (bicyclic) bond motifs is 1. The molecule has 0 aliphatic heterocycles. The van der Waals surface area contributed by atoms with Crippen molar-refractivity contribution in [2.75, 3.05) is 18.4 Å². The summed E-state index contributed by atoms with van der Waals surface area (Å²) in [6.45, 7) is 9.53. The minimum absolute atomic E-state index is 0.0300. The third kappa shape index (κ3) is 6.45. The molecule has 5 aromatic rings. The average Bonchev–Trinajstić information content (AvgIpc) is 3.54. The molecule has 0 saturated carbocycles.